The molecule has 1 aromatic carbocycles. The molecule has 2 aromatic rings. The highest BCUT2D eigenvalue weighted by molar-refractivity contribution is 14.1. The Morgan fingerprint density at radius 2 is 2.21 bits per heavy atom. The van der Waals surface area contributed by atoms with Gasteiger partial charge in [-0.25, -0.2) is 4.39 Å². The van der Waals surface area contributed by atoms with Gasteiger partial charge in [0.05, 0.1) is 8.45 Å². The van der Waals surface area contributed by atoms with Crippen molar-refractivity contribution in [1.29, 1.82) is 0 Å². The lowest BCUT2D eigenvalue weighted by atomic mass is 10.2. The quantitative estimate of drug-likeness (QED) is 0.720. The van der Waals surface area contributed by atoms with E-state index in [4.69, 9.17) is 0 Å². The molecule has 0 saturated carbocycles. The van der Waals surface area contributed by atoms with E-state index in [1.165, 1.54) is 12.1 Å². The van der Waals surface area contributed by atoms with Crippen LogP contribution in [0, 0.1) is 8.70 Å². The Morgan fingerprint density at radius 3 is 2.79 bits per heavy atom. The van der Waals surface area contributed by atoms with Gasteiger partial charge in [-0.1, -0.05) is 12.1 Å². The van der Waals surface area contributed by atoms with Crippen molar-refractivity contribution in [2.24, 2.45) is 0 Å². The lowest BCUT2D eigenvalue weighted by molar-refractivity contribution is 0.0753. The van der Waals surface area contributed by atoms with Gasteiger partial charge in [0, 0.05) is 18.5 Å². The van der Waals surface area contributed by atoms with E-state index in [9.17, 15) is 9.18 Å². The van der Waals surface area contributed by atoms with Crippen molar-refractivity contribution in [3.8, 4) is 0 Å². The molecule has 0 N–H and O–H groups in total. The van der Waals surface area contributed by atoms with Crippen LogP contribution in [0.25, 0.3) is 0 Å². The minimum Gasteiger partial charge on any atom is -0.335 e. The van der Waals surface area contributed by atoms with Gasteiger partial charge in [0.2, 0.25) is 0 Å². The second-order valence-electron chi connectivity index (χ2n) is 4.09. The molecular weight excluding hydrogens is 376 g/mol. The van der Waals surface area contributed by atoms with E-state index >= 15 is 0 Å². The van der Waals surface area contributed by atoms with E-state index in [2.05, 4.69) is 22.6 Å². The third kappa shape index (κ3) is 3.76. The van der Waals surface area contributed by atoms with Gasteiger partial charge in [-0.2, -0.15) is 0 Å². The van der Waals surface area contributed by atoms with Crippen LogP contribution in [-0.2, 0) is 6.54 Å². The molecule has 0 bridgehead atoms. The van der Waals surface area contributed by atoms with Crippen LogP contribution in [0.15, 0.2) is 35.7 Å². The number of rotatable bonds is 4. The monoisotopic (exact) mass is 389 g/mol. The molecule has 0 saturated heterocycles. The van der Waals surface area contributed by atoms with Crippen molar-refractivity contribution >= 4 is 39.8 Å². The lowest BCUT2D eigenvalue weighted by Crippen LogP contribution is -2.30. The fourth-order valence-corrected chi connectivity index (χ4v) is 3.11. The molecule has 100 valence electrons. The van der Waals surface area contributed by atoms with Crippen LogP contribution in [0.4, 0.5) is 4.39 Å². The Balaban J connectivity index is 2.14. The predicted molar refractivity (Wildman–Crippen MR) is 83.9 cm³/mol. The molecule has 1 amide bonds. The SMILES string of the molecule is CCN(Cc1cccc(F)c1)C(=O)c1csc(I)c1. The minimum atomic E-state index is -0.272. The maximum absolute atomic E-state index is 13.1. The molecule has 5 heteroatoms. The smallest absolute Gasteiger partial charge is 0.255 e. The summed E-state index contributed by atoms with van der Waals surface area (Å²) in [5.41, 5.74) is 1.51. The van der Waals surface area contributed by atoms with Gasteiger partial charge in [-0.05, 0) is 53.3 Å². The number of benzene rings is 1. The molecule has 0 fully saturated rings. The predicted octanol–water partition coefficient (Wildman–Crippen LogP) is 4.15. The van der Waals surface area contributed by atoms with Gasteiger partial charge in [0.15, 0.2) is 0 Å². The fraction of sp³-hybridized carbons (Fsp3) is 0.214. The molecule has 0 atom stereocenters. The number of carbonyl (C=O) groups excluding carboxylic acids is 1. The molecular formula is C14H13FINOS. The first-order valence-corrected chi connectivity index (χ1v) is 7.83. The van der Waals surface area contributed by atoms with Crippen molar-refractivity contribution in [1.82, 2.24) is 4.90 Å². The van der Waals surface area contributed by atoms with Crippen LogP contribution in [0.2, 0.25) is 0 Å². The number of carbonyl (C=O) groups is 1. The number of amides is 1. The standard InChI is InChI=1S/C14H13FINOS/c1-2-17(8-10-4-3-5-12(15)6-10)14(18)11-7-13(16)19-9-11/h3-7,9H,2,8H2,1H3. The lowest BCUT2D eigenvalue weighted by Gasteiger charge is -2.20. The zero-order valence-electron chi connectivity index (χ0n) is 10.4. The van der Waals surface area contributed by atoms with Crippen LogP contribution in [-0.4, -0.2) is 17.4 Å². The molecule has 2 rings (SSSR count). The summed E-state index contributed by atoms with van der Waals surface area (Å²) in [7, 11) is 0. The van der Waals surface area contributed by atoms with E-state index in [-0.39, 0.29) is 11.7 Å². The summed E-state index contributed by atoms with van der Waals surface area (Å²) in [6.07, 6.45) is 0. The maximum atomic E-state index is 13.1. The number of nitrogens with zero attached hydrogens (tertiary/aromatic N) is 1. The molecule has 0 aliphatic heterocycles. The maximum Gasteiger partial charge on any atom is 0.255 e. The fourth-order valence-electron chi connectivity index (χ4n) is 1.79. The number of hydrogen-bond acceptors (Lipinski definition) is 2. The zero-order chi connectivity index (χ0) is 13.8. The Hall–Kier alpha value is -0.950. The highest BCUT2D eigenvalue weighted by Crippen LogP contribution is 2.19. The Kier molecular flexibility index (Phi) is 4.93. The second kappa shape index (κ2) is 6.47. The molecule has 0 spiro atoms. The summed E-state index contributed by atoms with van der Waals surface area (Å²) in [4.78, 5) is 14.0. The van der Waals surface area contributed by atoms with Crippen LogP contribution in [0.1, 0.15) is 22.8 Å². The van der Waals surface area contributed by atoms with E-state index in [1.807, 2.05) is 24.4 Å². The van der Waals surface area contributed by atoms with E-state index in [0.717, 1.165) is 8.45 Å². The molecule has 19 heavy (non-hydrogen) atoms. The van der Waals surface area contributed by atoms with Crippen LogP contribution in [0.5, 0.6) is 0 Å². The Bertz CT molecular complexity index is 584. The van der Waals surface area contributed by atoms with E-state index in [1.54, 1.807) is 22.3 Å². The molecule has 1 heterocycles. The van der Waals surface area contributed by atoms with E-state index in [0.29, 0.717) is 18.7 Å². The third-order valence-electron chi connectivity index (χ3n) is 2.75. The van der Waals surface area contributed by atoms with Gasteiger partial charge in [0.1, 0.15) is 5.82 Å². The summed E-state index contributed by atoms with van der Waals surface area (Å²) in [5, 5.41) is 1.86. The Labute approximate surface area is 129 Å². The first kappa shape index (κ1) is 14.5. The highest BCUT2D eigenvalue weighted by Gasteiger charge is 2.16. The first-order chi connectivity index (χ1) is 9.10. The first-order valence-electron chi connectivity index (χ1n) is 5.88. The van der Waals surface area contributed by atoms with Gasteiger partial charge in [-0.15, -0.1) is 11.3 Å². The largest absolute Gasteiger partial charge is 0.335 e. The van der Waals surface area contributed by atoms with Crippen molar-refractivity contribution < 1.29 is 9.18 Å². The topological polar surface area (TPSA) is 20.3 Å². The van der Waals surface area contributed by atoms with E-state index < -0.39 is 0 Å². The summed E-state index contributed by atoms with van der Waals surface area (Å²) in [6, 6.07) is 8.24. The second-order valence-corrected chi connectivity index (χ2v) is 6.89. The number of thiophene rings is 1. The summed E-state index contributed by atoms with van der Waals surface area (Å²) >= 11 is 3.74. The average molecular weight is 389 g/mol. The molecule has 0 aliphatic carbocycles. The number of hydrogen-bond donors (Lipinski definition) is 0. The summed E-state index contributed by atoms with van der Waals surface area (Å²) in [5.74, 6) is -0.281. The molecule has 0 radical (unpaired) electrons. The van der Waals surface area contributed by atoms with Crippen molar-refractivity contribution in [2.75, 3.05) is 6.54 Å². The Morgan fingerprint density at radius 1 is 1.42 bits per heavy atom. The van der Waals surface area contributed by atoms with Crippen molar-refractivity contribution in [3.05, 3.63) is 55.5 Å². The zero-order valence-corrected chi connectivity index (χ0v) is 13.4. The molecule has 2 nitrogen and oxygen atoms in total. The third-order valence-corrected chi connectivity index (χ3v) is 4.53. The van der Waals surface area contributed by atoms with Gasteiger partial charge < -0.3 is 4.90 Å². The molecule has 0 aliphatic rings. The average Bonchev–Trinajstić information content (AvgIpc) is 2.82. The van der Waals surface area contributed by atoms with Gasteiger partial charge in [0.25, 0.3) is 5.91 Å². The van der Waals surface area contributed by atoms with Crippen LogP contribution in [0.3, 0.4) is 0 Å². The van der Waals surface area contributed by atoms with Gasteiger partial charge >= 0.3 is 0 Å². The van der Waals surface area contributed by atoms with Crippen molar-refractivity contribution in [3.63, 3.8) is 0 Å². The summed E-state index contributed by atoms with van der Waals surface area (Å²) in [6.45, 7) is 2.95. The molecule has 1 aromatic heterocycles. The van der Waals surface area contributed by atoms with Gasteiger partial charge in [-0.3, -0.25) is 4.79 Å². The minimum absolute atomic E-state index is 0.00840. The molecule has 0 unspecified atom stereocenters. The van der Waals surface area contributed by atoms with Crippen LogP contribution >= 0.6 is 33.9 Å². The summed E-state index contributed by atoms with van der Waals surface area (Å²) < 4.78 is 14.2. The van der Waals surface area contributed by atoms with Crippen molar-refractivity contribution in [2.45, 2.75) is 13.5 Å². The van der Waals surface area contributed by atoms with Crippen LogP contribution < -0.4 is 0 Å². The highest BCUT2D eigenvalue weighted by atomic mass is 127. The normalized spacial score (nSPS) is 10.5. The number of halogens is 2.